The number of H-pyrrole nitrogens is 1. The molecule has 0 aliphatic rings. The summed E-state index contributed by atoms with van der Waals surface area (Å²) in [4.78, 5) is 27.6. The van der Waals surface area contributed by atoms with Crippen molar-refractivity contribution in [3.05, 3.63) is 70.5 Å². The van der Waals surface area contributed by atoms with E-state index >= 15 is 0 Å². The van der Waals surface area contributed by atoms with Crippen LogP contribution in [-0.4, -0.2) is 21.1 Å². The predicted molar refractivity (Wildman–Crippen MR) is 80.1 cm³/mol. The van der Waals surface area contributed by atoms with Gasteiger partial charge in [0.1, 0.15) is 19.2 Å². The van der Waals surface area contributed by atoms with Crippen LogP contribution in [0.3, 0.4) is 0 Å². The van der Waals surface area contributed by atoms with Crippen LogP contribution in [0.1, 0.15) is 16.1 Å². The van der Waals surface area contributed by atoms with Gasteiger partial charge in [0.25, 0.3) is 5.91 Å². The Bertz CT molecular complexity index is 843. The average Bonchev–Trinajstić information content (AvgIpc) is 3.07. The lowest BCUT2D eigenvalue weighted by molar-refractivity contribution is 0.0992. The maximum Gasteiger partial charge on any atom is 0.293 e. The zero-order chi connectivity index (χ0) is 16.1. The van der Waals surface area contributed by atoms with Crippen LogP contribution in [0.15, 0.2) is 58.2 Å². The van der Waals surface area contributed by atoms with E-state index in [0.717, 1.165) is 17.9 Å². The molecule has 8 heteroatoms. The number of aromatic nitrogens is 3. The standard InChI is InChI=1S/C15H12N4O4/c20-11-6-12(14(21)18-15-16-9-17-19-15)23-8-13(11)22-7-10-4-2-1-3-5-10/h1-6,8-9H,7H2,(H2,16,17,18,19,21). The summed E-state index contributed by atoms with van der Waals surface area (Å²) < 4.78 is 10.5. The highest BCUT2D eigenvalue weighted by Crippen LogP contribution is 2.10. The zero-order valence-electron chi connectivity index (χ0n) is 11.9. The van der Waals surface area contributed by atoms with Crippen LogP contribution in [0.25, 0.3) is 0 Å². The van der Waals surface area contributed by atoms with E-state index in [-0.39, 0.29) is 24.1 Å². The van der Waals surface area contributed by atoms with Gasteiger partial charge in [0.2, 0.25) is 17.1 Å². The van der Waals surface area contributed by atoms with Crippen molar-refractivity contribution in [1.82, 2.24) is 15.2 Å². The van der Waals surface area contributed by atoms with Crippen molar-refractivity contribution < 1.29 is 13.9 Å². The van der Waals surface area contributed by atoms with Gasteiger partial charge in [0.05, 0.1) is 0 Å². The normalized spacial score (nSPS) is 10.3. The molecule has 0 spiro atoms. The minimum atomic E-state index is -0.617. The molecular weight excluding hydrogens is 300 g/mol. The molecule has 0 saturated carbocycles. The van der Waals surface area contributed by atoms with E-state index in [9.17, 15) is 9.59 Å². The molecule has 2 heterocycles. The Morgan fingerprint density at radius 3 is 2.83 bits per heavy atom. The molecule has 0 aliphatic carbocycles. The van der Waals surface area contributed by atoms with Crippen molar-refractivity contribution in [2.75, 3.05) is 5.32 Å². The quantitative estimate of drug-likeness (QED) is 0.740. The monoisotopic (exact) mass is 312 g/mol. The highest BCUT2D eigenvalue weighted by Gasteiger charge is 2.13. The summed E-state index contributed by atoms with van der Waals surface area (Å²) in [5, 5.41) is 8.46. The third-order valence-corrected chi connectivity index (χ3v) is 2.91. The molecule has 1 amide bonds. The van der Waals surface area contributed by atoms with Crippen LogP contribution in [-0.2, 0) is 6.61 Å². The van der Waals surface area contributed by atoms with Gasteiger partial charge in [-0.25, -0.2) is 5.10 Å². The highest BCUT2D eigenvalue weighted by atomic mass is 16.5. The van der Waals surface area contributed by atoms with Crippen LogP contribution < -0.4 is 15.5 Å². The average molecular weight is 312 g/mol. The van der Waals surface area contributed by atoms with Gasteiger partial charge in [-0.15, -0.1) is 0 Å². The SMILES string of the molecule is O=C(Nc1ncn[nH]1)c1cc(=O)c(OCc2ccccc2)co1. The Hall–Kier alpha value is -3.42. The Labute approximate surface area is 130 Å². The van der Waals surface area contributed by atoms with Crippen molar-refractivity contribution in [2.45, 2.75) is 6.61 Å². The molecule has 116 valence electrons. The third kappa shape index (κ3) is 3.62. The van der Waals surface area contributed by atoms with Crippen LogP contribution in [0.4, 0.5) is 5.95 Å². The van der Waals surface area contributed by atoms with Gasteiger partial charge in [0, 0.05) is 6.07 Å². The number of carbonyl (C=O) groups is 1. The molecule has 0 radical (unpaired) electrons. The fourth-order valence-electron chi connectivity index (χ4n) is 1.79. The van der Waals surface area contributed by atoms with E-state index in [1.165, 1.54) is 6.33 Å². The number of ether oxygens (including phenoxy) is 1. The minimum Gasteiger partial charge on any atom is -0.482 e. The number of benzene rings is 1. The van der Waals surface area contributed by atoms with Gasteiger partial charge < -0.3 is 9.15 Å². The zero-order valence-corrected chi connectivity index (χ0v) is 11.9. The number of carbonyl (C=O) groups excluding carboxylic acids is 1. The Morgan fingerprint density at radius 1 is 1.30 bits per heavy atom. The van der Waals surface area contributed by atoms with Gasteiger partial charge in [-0.2, -0.15) is 10.1 Å². The number of hydrogen-bond acceptors (Lipinski definition) is 6. The molecule has 0 fully saturated rings. The van der Waals surface area contributed by atoms with Crippen molar-refractivity contribution in [2.24, 2.45) is 0 Å². The molecule has 0 unspecified atom stereocenters. The summed E-state index contributed by atoms with van der Waals surface area (Å²) >= 11 is 0. The molecule has 0 atom stereocenters. The first-order valence-electron chi connectivity index (χ1n) is 6.68. The molecule has 0 aliphatic heterocycles. The summed E-state index contributed by atoms with van der Waals surface area (Å²) in [6.07, 6.45) is 2.35. The number of nitrogens with zero attached hydrogens (tertiary/aromatic N) is 2. The summed E-state index contributed by atoms with van der Waals surface area (Å²) in [6, 6.07) is 10.4. The Kier molecular flexibility index (Phi) is 4.14. The molecular formula is C15H12N4O4. The first kappa shape index (κ1) is 14.5. The molecule has 0 saturated heterocycles. The summed E-state index contributed by atoms with van der Waals surface area (Å²) in [5.41, 5.74) is 0.467. The van der Waals surface area contributed by atoms with Gasteiger partial charge in [-0.3, -0.25) is 14.9 Å². The van der Waals surface area contributed by atoms with E-state index < -0.39 is 11.3 Å². The molecule has 2 N–H and O–H groups in total. The molecule has 1 aromatic carbocycles. The molecule has 0 bridgehead atoms. The number of rotatable bonds is 5. The van der Waals surface area contributed by atoms with Crippen molar-refractivity contribution in [3.63, 3.8) is 0 Å². The summed E-state index contributed by atoms with van der Waals surface area (Å²) in [5.74, 6) is -0.584. The summed E-state index contributed by atoms with van der Waals surface area (Å²) in [6.45, 7) is 0.231. The second kappa shape index (κ2) is 6.56. The number of anilines is 1. The van der Waals surface area contributed by atoms with E-state index in [4.69, 9.17) is 9.15 Å². The number of hydrogen-bond donors (Lipinski definition) is 2. The number of aromatic amines is 1. The molecule has 3 rings (SSSR count). The van der Waals surface area contributed by atoms with Crippen LogP contribution in [0.2, 0.25) is 0 Å². The van der Waals surface area contributed by atoms with Crippen molar-refractivity contribution in [3.8, 4) is 5.75 Å². The van der Waals surface area contributed by atoms with E-state index in [1.807, 2.05) is 30.3 Å². The predicted octanol–water partition coefficient (Wildman–Crippen LogP) is 1.59. The van der Waals surface area contributed by atoms with Crippen LogP contribution >= 0.6 is 0 Å². The maximum absolute atomic E-state index is 12.0. The second-order valence-corrected chi connectivity index (χ2v) is 4.54. The maximum atomic E-state index is 12.0. The lowest BCUT2D eigenvalue weighted by Crippen LogP contribution is -2.16. The third-order valence-electron chi connectivity index (χ3n) is 2.91. The molecule has 3 aromatic rings. The highest BCUT2D eigenvalue weighted by molar-refractivity contribution is 6.01. The first-order chi connectivity index (χ1) is 11.2. The second-order valence-electron chi connectivity index (χ2n) is 4.54. The number of nitrogens with one attached hydrogen (secondary N) is 2. The Morgan fingerprint density at radius 2 is 2.13 bits per heavy atom. The lowest BCUT2D eigenvalue weighted by Gasteiger charge is -2.05. The van der Waals surface area contributed by atoms with Gasteiger partial charge >= 0.3 is 0 Å². The minimum absolute atomic E-state index is 0.0325. The lowest BCUT2D eigenvalue weighted by atomic mass is 10.2. The fourth-order valence-corrected chi connectivity index (χ4v) is 1.79. The topological polar surface area (TPSA) is 110 Å². The molecule has 2 aromatic heterocycles. The number of amides is 1. The first-order valence-corrected chi connectivity index (χ1v) is 6.68. The van der Waals surface area contributed by atoms with Gasteiger partial charge in [-0.1, -0.05) is 30.3 Å². The van der Waals surface area contributed by atoms with Crippen LogP contribution in [0, 0.1) is 0 Å². The van der Waals surface area contributed by atoms with Gasteiger partial charge in [-0.05, 0) is 5.56 Å². The van der Waals surface area contributed by atoms with Gasteiger partial charge in [0.15, 0.2) is 5.76 Å². The summed E-state index contributed by atoms with van der Waals surface area (Å²) in [7, 11) is 0. The largest absolute Gasteiger partial charge is 0.482 e. The molecule has 8 nitrogen and oxygen atoms in total. The fraction of sp³-hybridized carbons (Fsp3) is 0.0667. The Balaban J connectivity index is 1.68. The smallest absolute Gasteiger partial charge is 0.293 e. The molecule has 23 heavy (non-hydrogen) atoms. The van der Waals surface area contributed by atoms with Crippen LogP contribution in [0.5, 0.6) is 5.75 Å². The van der Waals surface area contributed by atoms with E-state index in [0.29, 0.717) is 0 Å². The van der Waals surface area contributed by atoms with Crippen molar-refractivity contribution >= 4 is 11.9 Å². The van der Waals surface area contributed by atoms with E-state index in [2.05, 4.69) is 20.5 Å². The van der Waals surface area contributed by atoms with Crippen molar-refractivity contribution in [1.29, 1.82) is 0 Å². The van der Waals surface area contributed by atoms with E-state index in [1.54, 1.807) is 0 Å².